The largest absolute Gasteiger partial charge is 0.381 e. The standard InChI is InChI=1S/C19H29NO2/c1-19(2,3)17-8-6-16(7-9-17)18(21)20-12-4-5-15-10-13-22-14-11-15/h6-9,15H,4-5,10-14H2,1-3H3,(H,20,21). The van der Waals surface area contributed by atoms with E-state index in [9.17, 15) is 4.79 Å². The summed E-state index contributed by atoms with van der Waals surface area (Å²) in [5.41, 5.74) is 2.13. The first-order chi connectivity index (χ1) is 10.5. The summed E-state index contributed by atoms with van der Waals surface area (Å²) >= 11 is 0. The summed E-state index contributed by atoms with van der Waals surface area (Å²) in [6, 6.07) is 7.96. The zero-order chi connectivity index (χ0) is 16.0. The van der Waals surface area contributed by atoms with Gasteiger partial charge in [-0.2, -0.15) is 0 Å². The third-order valence-corrected chi connectivity index (χ3v) is 4.43. The number of benzene rings is 1. The summed E-state index contributed by atoms with van der Waals surface area (Å²) in [4.78, 5) is 12.1. The van der Waals surface area contributed by atoms with Crippen molar-refractivity contribution in [2.24, 2.45) is 5.92 Å². The minimum atomic E-state index is 0.0347. The highest BCUT2D eigenvalue weighted by atomic mass is 16.5. The molecular formula is C19H29NO2. The molecule has 0 saturated carbocycles. The Morgan fingerprint density at radius 3 is 2.41 bits per heavy atom. The molecule has 0 bridgehead atoms. The Labute approximate surface area is 134 Å². The van der Waals surface area contributed by atoms with E-state index < -0.39 is 0 Å². The third-order valence-electron chi connectivity index (χ3n) is 4.43. The average molecular weight is 303 g/mol. The van der Waals surface area contributed by atoms with Gasteiger partial charge in [0.1, 0.15) is 0 Å². The lowest BCUT2D eigenvalue weighted by Gasteiger charge is -2.21. The number of carbonyl (C=O) groups is 1. The first-order valence-electron chi connectivity index (χ1n) is 8.43. The fourth-order valence-corrected chi connectivity index (χ4v) is 2.85. The van der Waals surface area contributed by atoms with Gasteiger partial charge in [-0.15, -0.1) is 0 Å². The molecule has 0 unspecified atom stereocenters. The van der Waals surface area contributed by atoms with Crippen molar-refractivity contribution < 1.29 is 9.53 Å². The topological polar surface area (TPSA) is 38.3 Å². The van der Waals surface area contributed by atoms with Crippen molar-refractivity contribution in [1.29, 1.82) is 0 Å². The first kappa shape index (κ1) is 17.0. The van der Waals surface area contributed by atoms with Crippen LogP contribution in [0.4, 0.5) is 0 Å². The Morgan fingerprint density at radius 1 is 1.18 bits per heavy atom. The zero-order valence-electron chi connectivity index (χ0n) is 14.2. The minimum absolute atomic E-state index is 0.0347. The number of hydrogen-bond donors (Lipinski definition) is 1. The monoisotopic (exact) mass is 303 g/mol. The van der Waals surface area contributed by atoms with E-state index in [1.54, 1.807) is 0 Å². The maximum atomic E-state index is 12.1. The fourth-order valence-electron chi connectivity index (χ4n) is 2.85. The molecule has 1 amide bonds. The van der Waals surface area contributed by atoms with Gasteiger partial charge in [-0.25, -0.2) is 0 Å². The smallest absolute Gasteiger partial charge is 0.251 e. The second-order valence-corrected chi connectivity index (χ2v) is 7.28. The van der Waals surface area contributed by atoms with Crippen molar-refractivity contribution in [3.63, 3.8) is 0 Å². The lowest BCUT2D eigenvalue weighted by atomic mass is 9.87. The van der Waals surface area contributed by atoms with E-state index in [4.69, 9.17) is 4.74 Å². The van der Waals surface area contributed by atoms with Gasteiger partial charge in [0.25, 0.3) is 5.91 Å². The summed E-state index contributed by atoms with van der Waals surface area (Å²) in [6.07, 6.45) is 4.58. The van der Waals surface area contributed by atoms with Gasteiger partial charge in [-0.05, 0) is 54.7 Å². The highest BCUT2D eigenvalue weighted by molar-refractivity contribution is 5.94. The van der Waals surface area contributed by atoms with Gasteiger partial charge in [-0.1, -0.05) is 32.9 Å². The summed E-state index contributed by atoms with van der Waals surface area (Å²) in [7, 11) is 0. The number of carbonyl (C=O) groups excluding carboxylic acids is 1. The fraction of sp³-hybridized carbons (Fsp3) is 0.632. The molecule has 0 spiro atoms. The molecule has 1 aromatic carbocycles. The molecular weight excluding hydrogens is 274 g/mol. The van der Waals surface area contributed by atoms with Crippen molar-refractivity contribution in [2.75, 3.05) is 19.8 Å². The van der Waals surface area contributed by atoms with Gasteiger partial charge in [-0.3, -0.25) is 4.79 Å². The normalized spacial score (nSPS) is 16.5. The predicted molar refractivity (Wildman–Crippen MR) is 90.3 cm³/mol. The number of nitrogens with one attached hydrogen (secondary N) is 1. The molecule has 3 heteroatoms. The molecule has 0 aromatic heterocycles. The molecule has 122 valence electrons. The molecule has 1 aliphatic heterocycles. The number of hydrogen-bond acceptors (Lipinski definition) is 2. The average Bonchev–Trinajstić information content (AvgIpc) is 2.52. The van der Waals surface area contributed by atoms with Crippen LogP contribution in [0.15, 0.2) is 24.3 Å². The first-order valence-corrected chi connectivity index (χ1v) is 8.43. The summed E-state index contributed by atoms with van der Waals surface area (Å²) in [6.45, 7) is 9.10. The number of amides is 1. The van der Waals surface area contributed by atoms with E-state index in [-0.39, 0.29) is 11.3 Å². The van der Waals surface area contributed by atoms with Gasteiger partial charge in [0.15, 0.2) is 0 Å². The SMILES string of the molecule is CC(C)(C)c1ccc(C(=O)NCCCC2CCOCC2)cc1. The maximum Gasteiger partial charge on any atom is 0.251 e. The Bertz CT molecular complexity index is 467. The zero-order valence-corrected chi connectivity index (χ0v) is 14.2. The molecule has 3 nitrogen and oxygen atoms in total. The van der Waals surface area contributed by atoms with E-state index in [1.165, 1.54) is 24.8 Å². The van der Waals surface area contributed by atoms with Crippen LogP contribution in [0.25, 0.3) is 0 Å². The van der Waals surface area contributed by atoms with Crippen LogP contribution in [0.3, 0.4) is 0 Å². The van der Waals surface area contributed by atoms with E-state index in [0.717, 1.165) is 37.7 Å². The van der Waals surface area contributed by atoms with Crippen LogP contribution in [-0.2, 0) is 10.2 Å². The van der Waals surface area contributed by atoms with Gasteiger partial charge < -0.3 is 10.1 Å². The molecule has 0 radical (unpaired) electrons. The van der Waals surface area contributed by atoms with Crippen LogP contribution in [0.5, 0.6) is 0 Å². The maximum absolute atomic E-state index is 12.1. The van der Waals surface area contributed by atoms with Gasteiger partial charge in [0.05, 0.1) is 0 Å². The van der Waals surface area contributed by atoms with Crippen LogP contribution in [-0.4, -0.2) is 25.7 Å². The predicted octanol–water partition coefficient (Wildman–Crippen LogP) is 3.92. The van der Waals surface area contributed by atoms with E-state index in [1.807, 2.05) is 12.1 Å². The summed E-state index contributed by atoms with van der Waals surface area (Å²) in [5, 5.41) is 3.03. The van der Waals surface area contributed by atoms with E-state index >= 15 is 0 Å². The molecule has 22 heavy (non-hydrogen) atoms. The molecule has 1 heterocycles. The molecule has 0 atom stereocenters. The lowest BCUT2D eigenvalue weighted by molar-refractivity contribution is 0.0631. The second kappa shape index (κ2) is 7.77. The van der Waals surface area contributed by atoms with Crippen molar-refractivity contribution in [1.82, 2.24) is 5.32 Å². The number of ether oxygens (including phenoxy) is 1. The second-order valence-electron chi connectivity index (χ2n) is 7.28. The van der Waals surface area contributed by atoms with Crippen LogP contribution in [0, 0.1) is 5.92 Å². The molecule has 1 aromatic rings. The third kappa shape index (κ3) is 5.13. The van der Waals surface area contributed by atoms with E-state index in [2.05, 4.69) is 38.2 Å². The van der Waals surface area contributed by atoms with Crippen LogP contribution in [0.1, 0.15) is 62.4 Å². The Balaban J connectivity index is 1.72. The minimum Gasteiger partial charge on any atom is -0.381 e. The van der Waals surface area contributed by atoms with Gasteiger partial charge in [0.2, 0.25) is 0 Å². The van der Waals surface area contributed by atoms with Crippen LogP contribution >= 0.6 is 0 Å². The van der Waals surface area contributed by atoms with Crippen LogP contribution < -0.4 is 5.32 Å². The quantitative estimate of drug-likeness (QED) is 0.837. The highest BCUT2D eigenvalue weighted by Gasteiger charge is 2.15. The van der Waals surface area contributed by atoms with E-state index in [0.29, 0.717) is 0 Å². The molecule has 1 aliphatic rings. The Kier molecular flexibility index (Phi) is 6.01. The molecule has 1 saturated heterocycles. The molecule has 1 N–H and O–H groups in total. The van der Waals surface area contributed by atoms with Crippen molar-refractivity contribution in [3.05, 3.63) is 35.4 Å². The molecule has 0 aliphatic carbocycles. The summed E-state index contributed by atoms with van der Waals surface area (Å²) in [5.74, 6) is 0.809. The van der Waals surface area contributed by atoms with Gasteiger partial charge >= 0.3 is 0 Å². The van der Waals surface area contributed by atoms with Crippen molar-refractivity contribution in [3.8, 4) is 0 Å². The molecule has 1 fully saturated rings. The Morgan fingerprint density at radius 2 is 1.82 bits per heavy atom. The van der Waals surface area contributed by atoms with Crippen LogP contribution in [0.2, 0.25) is 0 Å². The van der Waals surface area contributed by atoms with Crippen molar-refractivity contribution in [2.45, 2.75) is 51.9 Å². The number of rotatable bonds is 5. The Hall–Kier alpha value is -1.35. The highest BCUT2D eigenvalue weighted by Crippen LogP contribution is 2.22. The lowest BCUT2D eigenvalue weighted by Crippen LogP contribution is -2.25. The van der Waals surface area contributed by atoms with Crippen molar-refractivity contribution >= 4 is 5.91 Å². The molecule has 2 rings (SSSR count). The van der Waals surface area contributed by atoms with Gasteiger partial charge in [0, 0.05) is 25.3 Å². The summed E-state index contributed by atoms with van der Waals surface area (Å²) < 4.78 is 5.37.